The van der Waals surface area contributed by atoms with Crippen molar-refractivity contribution < 1.29 is 51.4 Å². The quantitative estimate of drug-likeness (QED) is 0.169. The Kier molecular flexibility index (Phi) is 6.64. The van der Waals surface area contributed by atoms with Crippen LogP contribution in [0.5, 0.6) is 0 Å². The molecule has 21 heteroatoms. The maximum atomic E-state index is 12.3. The summed E-state index contributed by atoms with van der Waals surface area (Å²) in [5.41, 5.74) is 5.07. The van der Waals surface area contributed by atoms with Crippen molar-refractivity contribution in [2.45, 2.75) is 24.9 Å². The molecule has 31 heavy (non-hydrogen) atoms. The van der Waals surface area contributed by atoms with Crippen molar-refractivity contribution in [1.29, 1.82) is 0 Å². The predicted molar refractivity (Wildman–Crippen MR) is 105 cm³/mol. The molecular weight excluding hydrogens is 486 g/mol. The van der Waals surface area contributed by atoms with Crippen LogP contribution in [0.3, 0.4) is 0 Å². The maximum Gasteiger partial charge on any atom is 0.485 e. The molecule has 0 saturated carbocycles. The fourth-order valence-corrected chi connectivity index (χ4v) is 5.18. The number of H-pyrrole nitrogens is 1. The normalized spacial score (nSPS) is 26.0. The van der Waals surface area contributed by atoms with Gasteiger partial charge in [0.1, 0.15) is 12.3 Å². The minimum Gasteiger partial charge on any atom is -0.390 e. The number of nitrogens with zero attached hydrogens (tertiary/aromatic N) is 3. The van der Waals surface area contributed by atoms with Crippen LogP contribution in [0.1, 0.15) is 12.6 Å². The summed E-state index contributed by atoms with van der Waals surface area (Å²) in [5.74, 6) is -0.151. The van der Waals surface area contributed by atoms with Gasteiger partial charge in [-0.2, -0.15) is 9.29 Å². The number of aliphatic hydroxyl groups is 1. The monoisotopic (exact) mass is 504 g/mol. The molecule has 2 aromatic heterocycles. The number of hydrogen-bond donors (Lipinski definition) is 6. The molecule has 17 nitrogen and oxygen atoms in total. The first kappa shape index (κ1) is 24.2. The van der Waals surface area contributed by atoms with Gasteiger partial charge < -0.3 is 39.3 Å². The Hall–Kier alpha value is -1.42. The molecular formula is C10H18BN5O12P3-. The fourth-order valence-electron chi connectivity index (χ4n) is 2.58. The fraction of sp³-hybridized carbons (Fsp3) is 0.500. The molecule has 0 aromatic carbocycles. The molecule has 3 heterocycles. The first-order valence-electron chi connectivity index (χ1n) is 7.80. The number of nitrogens with one attached hydrogen (secondary N) is 1. The van der Waals surface area contributed by atoms with Gasteiger partial charge in [0.2, 0.25) is 5.95 Å². The Morgan fingerprint density at radius 3 is 2.65 bits per heavy atom. The van der Waals surface area contributed by atoms with Crippen LogP contribution in [0, 0.1) is 0 Å². The van der Waals surface area contributed by atoms with Gasteiger partial charge in [-0.15, -0.1) is 0 Å². The summed E-state index contributed by atoms with van der Waals surface area (Å²) in [4.78, 5) is 48.6. The molecule has 1 aliphatic rings. The average Bonchev–Trinajstić information content (AvgIpc) is 3.13. The van der Waals surface area contributed by atoms with Crippen molar-refractivity contribution in [2.75, 3.05) is 12.3 Å². The van der Waals surface area contributed by atoms with Crippen molar-refractivity contribution >= 4 is 47.8 Å². The second-order valence-corrected chi connectivity index (χ2v) is 9.78. The van der Waals surface area contributed by atoms with Crippen LogP contribution >= 0.6 is 23.1 Å². The number of rotatable bonds is 8. The van der Waals surface area contributed by atoms with Gasteiger partial charge in [0.15, 0.2) is 18.6 Å². The number of imidazole rings is 1. The Morgan fingerprint density at radius 1 is 1.32 bits per heavy atom. The average molecular weight is 504 g/mol. The Morgan fingerprint density at radius 2 is 2.00 bits per heavy atom. The summed E-state index contributed by atoms with van der Waals surface area (Å²) in [6, 6.07) is 0. The number of hydrogen-bond acceptors (Lipinski definition) is 12. The van der Waals surface area contributed by atoms with Crippen LogP contribution in [0.25, 0.3) is 11.2 Å². The third-order valence-electron chi connectivity index (χ3n) is 3.69. The largest absolute Gasteiger partial charge is 0.485 e. The summed E-state index contributed by atoms with van der Waals surface area (Å²) in [7, 11) is -16.3. The summed E-state index contributed by atoms with van der Waals surface area (Å²) in [5, 5.41) is 10.2. The topological polar surface area (TPSA) is 259 Å². The van der Waals surface area contributed by atoms with E-state index in [1.807, 2.05) is 0 Å². The minimum absolute atomic E-state index is 0.00185. The lowest BCUT2D eigenvalue weighted by Gasteiger charge is -2.24. The van der Waals surface area contributed by atoms with Gasteiger partial charge >= 0.3 is 15.6 Å². The summed E-state index contributed by atoms with van der Waals surface area (Å²) in [6.45, 7) is -0.531. The lowest BCUT2D eigenvalue weighted by atomic mass is 10.2. The lowest BCUT2D eigenvalue weighted by molar-refractivity contribution is -0.0388. The number of ether oxygens (including phenoxy) is 1. The molecule has 174 valence electrons. The van der Waals surface area contributed by atoms with Crippen molar-refractivity contribution in [3.05, 3.63) is 16.7 Å². The highest BCUT2D eigenvalue weighted by atomic mass is 31.3. The molecule has 5 atom stereocenters. The number of anilines is 1. The molecule has 0 aliphatic carbocycles. The van der Waals surface area contributed by atoms with E-state index in [1.54, 1.807) is 0 Å². The molecule has 3 unspecified atom stereocenters. The lowest BCUT2D eigenvalue weighted by Crippen LogP contribution is -2.26. The highest BCUT2D eigenvalue weighted by Crippen LogP contribution is 2.66. The van der Waals surface area contributed by atoms with Crippen molar-refractivity contribution in [2.24, 2.45) is 0 Å². The molecule has 7 N–H and O–H groups in total. The number of aromatic amines is 1. The second kappa shape index (κ2) is 8.50. The Labute approximate surface area is 173 Å². The number of aliphatic hydroxyl groups excluding tert-OH is 1. The second-order valence-electron chi connectivity index (χ2n) is 5.85. The van der Waals surface area contributed by atoms with E-state index in [0.29, 0.717) is 0 Å². The third-order valence-corrected chi connectivity index (χ3v) is 7.08. The maximum absolute atomic E-state index is 12.3. The van der Waals surface area contributed by atoms with Gasteiger partial charge in [-0.25, -0.2) is 18.4 Å². The van der Waals surface area contributed by atoms with Crippen LogP contribution in [0.15, 0.2) is 11.1 Å². The van der Waals surface area contributed by atoms with E-state index in [0.717, 1.165) is 0 Å². The number of aromatic nitrogens is 4. The molecule has 1 aliphatic heterocycles. The van der Waals surface area contributed by atoms with E-state index in [4.69, 9.17) is 24.8 Å². The van der Waals surface area contributed by atoms with Crippen molar-refractivity contribution in [3.8, 4) is 0 Å². The zero-order chi connectivity index (χ0) is 23.2. The van der Waals surface area contributed by atoms with Gasteiger partial charge in [0, 0.05) is 6.42 Å². The first-order valence-corrected chi connectivity index (χ1v) is 11.9. The van der Waals surface area contributed by atoms with Gasteiger partial charge in [-0.1, -0.05) is 0 Å². The van der Waals surface area contributed by atoms with Crippen LogP contribution < -0.4 is 11.3 Å². The van der Waals surface area contributed by atoms with E-state index in [9.17, 15) is 28.5 Å². The van der Waals surface area contributed by atoms with E-state index in [1.165, 1.54) is 10.9 Å². The highest BCUT2D eigenvalue weighted by Gasteiger charge is 2.39. The van der Waals surface area contributed by atoms with Crippen LogP contribution in [-0.4, -0.2) is 65.7 Å². The molecule has 1 fully saturated rings. The van der Waals surface area contributed by atoms with Gasteiger partial charge in [0.05, 0.1) is 26.6 Å². The molecule has 0 radical (unpaired) electrons. The van der Waals surface area contributed by atoms with E-state index in [2.05, 4.69) is 23.6 Å². The van der Waals surface area contributed by atoms with Gasteiger partial charge in [0.25, 0.3) is 5.56 Å². The predicted octanol–water partition coefficient (Wildman–Crippen LogP) is -1.93. The van der Waals surface area contributed by atoms with Crippen molar-refractivity contribution in [3.63, 3.8) is 0 Å². The number of fused-ring (bicyclic) bond motifs is 1. The van der Waals surface area contributed by atoms with Crippen LogP contribution in [0.2, 0.25) is 0 Å². The van der Waals surface area contributed by atoms with Crippen LogP contribution in [-0.2, 0) is 31.6 Å². The Balaban J connectivity index is 1.67. The zero-order valence-corrected chi connectivity index (χ0v) is 17.2. The highest BCUT2D eigenvalue weighted by molar-refractivity contribution is 7.84. The number of nitrogen functional groups attached to an aromatic ring is 1. The smallest absolute Gasteiger partial charge is 0.390 e. The van der Waals surface area contributed by atoms with Crippen molar-refractivity contribution in [1.82, 2.24) is 19.5 Å². The molecule has 2 aromatic rings. The molecule has 3 rings (SSSR count). The molecule has 0 amide bonds. The van der Waals surface area contributed by atoms with E-state index >= 15 is 0 Å². The summed E-state index contributed by atoms with van der Waals surface area (Å²) in [6.07, 6.45) is -1.75. The molecule has 0 spiro atoms. The van der Waals surface area contributed by atoms with E-state index in [-0.39, 0.29) is 23.5 Å². The standard InChI is InChI=1S/C10H18BN5O12P3/c11-29(19,27-31(23,24)28-30(20,21)22)25-2-5-4(17)1-6(26-5)16-3-13-7-8(16)14-10(12)15-9(7)18/h3-6,17H,1-2H2,11H3,(H,23,24)(H2,20,21,22)(H3,12,14,15,18)/q-1/t4?,5-,6-,29?/m1/s1. The third kappa shape index (κ3) is 6.09. The Bertz CT molecular complexity index is 1180. The van der Waals surface area contributed by atoms with E-state index < -0.39 is 61.3 Å². The number of phosphoric acid groups is 2. The van der Waals surface area contributed by atoms with Gasteiger partial charge in [-0.3, -0.25) is 14.3 Å². The zero-order valence-electron chi connectivity index (χ0n) is 14.5. The minimum atomic E-state index is -5.39. The first-order chi connectivity index (χ1) is 14.2. The van der Waals surface area contributed by atoms with Crippen LogP contribution in [0.4, 0.5) is 5.95 Å². The summed E-state index contributed by atoms with van der Waals surface area (Å²) >= 11 is 0. The number of nitrogens with two attached hydrogens (primary N) is 1. The molecule has 0 bridgehead atoms. The SMILES string of the molecule is [BH3-]P(=O)(OC[C@H]1O[C@@H](n2cnc3c(=O)[nH]c(N)nc32)CC1O)OP(=O)(O)OP(=O)(O)O. The van der Waals surface area contributed by atoms with Gasteiger partial charge in [-0.05, 0) is 0 Å². The summed E-state index contributed by atoms with van der Waals surface area (Å²) < 4.78 is 54.5. The molecule has 1 saturated heterocycles.